The minimum Gasteiger partial charge on any atom is -0.489 e. The third kappa shape index (κ3) is 2.50. The zero-order valence-corrected chi connectivity index (χ0v) is 15.8. The van der Waals surface area contributed by atoms with E-state index in [0.29, 0.717) is 50.1 Å². The molecule has 2 amide bonds. The number of urea groups is 1. The van der Waals surface area contributed by atoms with Gasteiger partial charge in [0.15, 0.2) is 0 Å². The van der Waals surface area contributed by atoms with Crippen molar-refractivity contribution in [1.29, 1.82) is 0 Å². The molecule has 1 aromatic carbocycles. The molecular weight excluding hydrogens is 378 g/mol. The van der Waals surface area contributed by atoms with E-state index in [0.717, 1.165) is 18.5 Å². The second-order valence-electron chi connectivity index (χ2n) is 7.76. The van der Waals surface area contributed by atoms with Crippen LogP contribution >= 0.6 is 11.6 Å². The molecule has 3 heterocycles. The van der Waals surface area contributed by atoms with Gasteiger partial charge in [0.2, 0.25) is 10.0 Å². The van der Waals surface area contributed by atoms with Crippen LogP contribution in [-0.4, -0.2) is 68.2 Å². The number of carbonyl (C=O) groups excluding carboxylic acids is 1. The average Bonchev–Trinajstić information content (AvgIpc) is 3.36. The topological polar surface area (TPSA) is 70.2 Å². The maximum atomic E-state index is 12.9. The van der Waals surface area contributed by atoms with Crippen molar-refractivity contribution >= 4 is 33.3 Å². The molecule has 7 nitrogen and oxygen atoms in total. The van der Waals surface area contributed by atoms with Gasteiger partial charge >= 0.3 is 6.03 Å². The number of halogens is 1. The van der Waals surface area contributed by atoms with Crippen molar-refractivity contribution in [2.45, 2.75) is 18.1 Å². The molecule has 26 heavy (non-hydrogen) atoms. The highest BCUT2D eigenvalue weighted by Gasteiger charge is 2.58. The van der Waals surface area contributed by atoms with E-state index in [1.165, 1.54) is 0 Å². The number of sulfonamides is 1. The number of benzene rings is 1. The maximum Gasteiger partial charge on any atom is 0.324 e. The van der Waals surface area contributed by atoms with Gasteiger partial charge in [-0.15, -0.1) is 0 Å². The second-order valence-corrected chi connectivity index (χ2v) is 10.4. The molecule has 3 fully saturated rings. The molecule has 1 aliphatic carbocycles. The molecule has 140 valence electrons. The molecule has 2 saturated heterocycles. The lowest BCUT2D eigenvalue weighted by atomic mass is 9.74. The van der Waals surface area contributed by atoms with Crippen LogP contribution in [0.15, 0.2) is 18.2 Å². The number of hydrogen-bond acceptors (Lipinski definition) is 4. The molecule has 5 rings (SSSR count). The highest BCUT2D eigenvalue weighted by Crippen LogP contribution is 2.45. The van der Waals surface area contributed by atoms with Crippen LogP contribution in [-0.2, 0) is 10.0 Å². The molecule has 0 bridgehead atoms. The van der Waals surface area contributed by atoms with Crippen LogP contribution in [0.4, 0.5) is 10.5 Å². The van der Waals surface area contributed by atoms with E-state index < -0.39 is 10.0 Å². The van der Waals surface area contributed by atoms with Crippen molar-refractivity contribution in [2.24, 2.45) is 5.41 Å². The van der Waals surface area contributed by atoms with Crippen LogP contribution in [0, 0.1) is 5.41 Å². The molecule has 4 aliphatic rings. The monoisotopic (exact) mass is 397 g/mol. The van der Waals surface area contributed by atoms with E-state index in [1.807, 2.05) is 0 Å². The number of hydrogen-bond donors (Lipinski definition) is 0. The molecule has 0 N–H and O–H groups in total. The normalized spacial score (nSPS) is 24.5. The molecule has 0 unspecified atom stereocenters. The standard InChI is InChI=1S/C17H20ClN3O4S/c18-12-1-4-14-15(7-12)25-6-5-21(14)16(22)19-8-17(9-19)10-20(11-17)26(23,24)13-2-3-13/h1,4,7,13H,2-3,5-6,8-11H2. The van der Waals surface area contributed by atoms with Gasteiger partial charge in [-0.05, 0) is 25.0 Å². The summed E-state index contributed by atoms with van der Waals surface area (Å²) >= 11 is 6.00. The van der Waals surface area contributed by atoms with Crippen molar-refractivity contribution in [1.82, 2.24) is 9.21 Å². The Kier molecular flexibility index (Phi) is 3.52. The van der Waals surface area contributed by atoms with E-state index in [1.54, 1.807) is 32.3 Å². The lowest BCUT2D eigenvalue weighted by Crippen LogP contribution is -2.74. The number of anilines is 1. The molecule has 9 heteroatoms. The Hall–Kier alpha value is -1.51. The van der Waals surface area contributed by atoms with Gasteiger partial charge in [-0.2, -0.15) is 0 Å². The van der Waals surface area contributed by atoms with E-state index in [9.17, 15) is 13.2 Å². The predicted octanol–water partition coefficient (Wildman–Crippen LogP) is 1.77. The first-order valence-corrected chi connectivity index (χ1v) is 10.7. The minimum atomic E-state index is -3.09. The van der Waals surface area contributed by atoms with Crippen LogP contribution < -0.4 is 9.64 Å². The van der Waals surface area contributed by atoms with Crippen molar-refractivity contribution in [3.8, 4) is 5.75 Å². The fourth-order valence-corrected chi connectivity index (χ4v) is 6.34. The van der Waals surface area contributed by atoms with Crippen molar-refractivity contribution in [3.63, 3.8) is 0 Å². The maximum absolute atomic E-state index is 12.9. The van der Waals surface area contributed by atoms with Crippen LogP contribution in [0.2, 0.25) is 5.02 Å². The summed E-state index contributed by atoms with van der Waals surface area (Å²) in [5.74, 6) is 0.623. The molecule has 1 aromatic rings. The first kappa shape index (κ1) is 16.6. The third-order valence-electron chi connectivity index (χ3n) is 5.67. The van der Waals surface area contributed by atoms with Crippen LogP contribution in [0.3, 0.4) is 0 Å². The smallest absolute Gasteiger partial charge is 0.324 e. The third-order valence-corrected chi connectivity index (χ3v) is 8.20. The van der Waals surface area contributed by atoms with Crippen LogP contribution in [0.25, 0.3) is 0 Å². The molecular formula is C17H20ClN3O4S. The first-order chi connectivity index (χ1) is 12.4. The quantitative estimate of drug-likeness (QED) is 0.762. The SMILES string of the molecule is O=C(N1CC2(C1)CN(S(=O)(=O)C1CC1)C2)N1CCOc2cc(Cl)ccc21. The molecule has 0 atom stereocenters. The molecule has 0 radical (unpaired) electrons. The Labute approximate surface area is 157 Å². The number of fused-ring (bicyclic) bond motifs is 1. The highest BCUT2D eigenvalue weighted by atomic mass is 35.5. The Morgan fingerprint density at radius 2 is 1.92 bits per heavy atom. The van der Waals surface area contributed by atoms with Gasteiger partial charge in [-0.1, -0.05) is 11.6 Å². The Morgan fingerprint density at radius 3 is 2.62 bits per heavy atom. The zero-order chi connectivity index (χ0) is 18.1. The predicted molar refractivity (Wildman–Crippen MR) is 97.2 cm³/mol. The summed E-state index contributed by atoms with van der Waals surface area (Å²) in [6, 6.07) is 5.23. The number of ether oxygens (including phenoxy) is 1. The van der Waals surface area contributed by atoms with E-state index >= 15 is 0 Å². The van der Waals surface area contributed by atoms with E-state index in [-0.39, 0.29) is 16.7 Å². The molecule has 1 spiro atoms. The Bertz CT molecular complexity index is 872. The fourth-order valence-electron chi connectivity index (χ4n) is 4.12. The van der Waals surface area contributed by atoms with Gasteiger partial charge in [0.25, 0.3) is 0 Å². The van der Waals surface area contributed by atoms with E-state index in [4.69, 9.17) is 16.3 Å². The number of amides is 2. The molecule has 3 aliphatic heterocycles. The Balaban J connectivity index is 1.23. The van der Waals surface area contributed by atoms with Gasteiger partial charge in [0, 0.05) is 42.7 Å². The summed E-state index contributed by atoms with van der Waals surface area (Å²) in [7, 11) is -3.09. The van der Waals surface area contributed by atoms with Gasteiger partial charge in [0.1, 0.15) is 12.4 Å². The van der Waals surface area contributed by atoms with Gasteiger partial charge in [-0.25, -0.2) is 17.5 Å². The van der Waals surface area contributed by atoms with Gasteiger partial charge in [-0.3, -0.25) is 4.90 Å². The summed E-state index contributed by atoms with van der Waals surface area (Å²) in [4.78, 5) is 16.4. The lowest BCUT2D eigenvalue weighted by molar-refractivity contribution is -0.0555. The van der Waals surface area contributed by atoms with Gasteiger partial charge < -0.3 is 9.64 Å². The summed E-state index contributed by atoms with van der Waals surface area (Å²) in [5.41, 5.74) is 0.686. The molecule has 1 saturated carbocycles. The second kappa shape index (κ2) is 5.50. The molecule has 0 aromatic heterocycles. The van der Waals surface area contributed by atoms with Crippen molar-refractivity contribution < 1.29 is 17.9 Å². The number of rotatable bonds is 2. The lowest BCUT2D eigenvalue weighted by Gasteiger charge is -2.59. The van der Waals surface area contributed by atoms with Gasteiger partial charge in [0.05, 0.1) is 17.5 Å². The fraction of sp³-hybridized carbons (Fsp3) is 0.588. The summed E-state index contributed by atoms with van der Waals surface area (Å²) in [6.45, 7) is 3.26. The van der Waals surface area contributed by atoms with E-state index in [2.05, 4.69) is 0 Å². The minimum absolute atomic E-state index is 0.0489. The summed E-state index contributed by atoms with van der Waals surface area (Å²) < 4.78 is 31.7. The summed E-state index contributed by atoms with van der Waals surface area (Å²) in [5, 5.41) is 0.418. The Morgan fingerprint density at radius 1 is 1.19 bits per heavy atom. The first-order valence-electron chi connectivity index (χ1n) is 8.86. The number of carbonyl (C=O) groups is 1. The average molecular weight is 398 g/mol. The van der Waals surface area contributed by atoms with Crippen molar-refractivity contribution in [3.05, 3.63) is 23.2 Å². The summed E-state index contributed by atoms with van der Waals surface area (Å²) in [6.07, 6.45) is 1.58. The highest BCUT2D eigenvalue weighted by molar-refractivity contribution is 7.90. The van der Waals surface area contributed by atoms with Crippen LogP contribution in [0.5, 0.6) is 5.75 Å². The number of likely N-dealkylation sites (tertiary alicyclic amines) is 1. The van der Waals surface area contributed by atoms with Crippen molar-refractivity contribution in [2.75, 3.05) is 44.2 Å². The zero-order valence-electron chi connectivity index (χ0n) is 14.2. The number of nitrogens with zero attached hydrogens (tertiary/aromatic N) is 3. The largest absolute Gasteiger partial charge is 0.489 e. The van der Waals surface area contributed by atoms with Crippen LogP contribution in [0.1, 0.15) is 12.8 Å².